The summed E-state index contributed by atoms with van der Waals surface area (Å²) in [5, 5.41) is 1.19. The lowest BCUT2D eigenvalue weighted by Crippen LogP contribution is -2.11. The van der Waals surface area contributed by atoms with Crippen molar-refractivity contribution in [2.24, 2.45) is 0 Å². The Balaban J connectivity index is 2.41. The number of rotatable bonds is 2. The van der Waals surface area contributed by atoms with Crippen LogP contribution in [0.2, 0.25) is 0 Å². The van der Waals surface area contributed by atoms with E-state index in [2.05, 4.69) is 0 Å². The summed E-state index contributed by atoms with van der Waals surface area (Å²) in [6.45, 7) is 0. The minimum Gasteiger partial charge on any atom is -0.378 e. The molecule has 0 amide bonds. The van der Waals surface area contributed by atoms with E-state index >= 15 is 0 Å². The molecule has 0 aliphatic heterocycles. The summed E-state index contributed by atoms with van der Waals surface area (Å²) in [7, 11) is 3.81. The maximum atomic E-state index is 14.0. The Morgan fingerprint density at radius 1 is 1.21 bits per heavy atom. The summed E-state index contributed by atoms with van der Waals surface area (Å²) in [5.41, 5.74) is 1.50. The van der Waals surface area contributed by atoms with Crippen molar-refractivity contribution >= 4 is 40.5 Å². The van der Waals surface area contributed by atoms with Crippen LogP contribution < -0.4 is 4.90 Å². The van der Waals surface area contributed by atoms with Crippen LogP contribution in [0, 0.1) is 5.82 Å². The molecule has 0 fully saturated rings. The smallest absolute Gasteiger partial charge is 0.127 e. The van der Waals surface area contributed by atoms with E-state index in [1.54, 1.807) is 12.1 Å². The number of benzene rings is 1. The van der Waals surface area contributed by atoms with Gasteiger partial charge in [0, 0.05) is 30.7 Å². The highest BCUT2D eigenvalue weighted by atomic mass is 35.5. The molecule has 5 heteroatoms. The molecule has 0 spiro atoms. The first kappa shape index (κ1) is 14.7. The second-order valence-electron chi connectivity index (χ2n) is 4.64. The Morgan fingerprint density at radius 3 is 2.47 bits per heavy atom. The van der Waals surface area contributed by atoms with Gasteiger partial charge in [0.2, 0.25) is 0 Å². The molecule has 1 aromatic carbocycles. The number of hydrogen-bond acceptors (Lipinski definition) is 1. The molecule has 0 N–H and O–H groups in total. The van der Waals surface area contributed by atoms with E-state index in [4.69, 9.17) is 34.8 Å². The number of hydrogen-bond donors (Lipinski definition) is 0. The van der Waals surface area contributed by atoms with Crippen molar-refractivity contribution in [2.75, 3.05) is 19.0 Å². The van der Waals surface area contributed by atoms with Crippen LogP contribution in [0.5, 0.6) is 0 Å². The number of halogens is 4. The summed E-state index contributed by atoms with van der Waals surface area (Å²) in [6, 6.07) is 5.00. The first-order chi connectivity index (χ1) is 8.90. The first-order valence-electron chi connectivity index (χ1n) is 5.78. The van der Waals surface area contributed by atoms with Crippen LogP contribution in [0.25, 0.3) is 0 Å². The third-order valence-corrected chi connectivity index (χ3v) is 4.37. The highest BCUT2D eigenvalue weighted by molar-refractivity contribution is 6.48. The molecule has 2 rings (SSSR count). The van der Waals surface area contributed by atoms with Gasteiger partial charge in [0.15, 0.2) is 0 Å². The molecule has 1 nitrogen and oxygen atoms in total. The maximum absolute atomic E-state index is 14.0. The minimum atomic E-state index is -0.265. The first-order valence-corrected chi connectivity index (χ1v) is 6.92. The molecule has 0 heterocycles. The number of anilines is 1. The largest absolute Gasteiger partial charge is 0.378 e. The van der Waals surface area contributed by atoms with E-state index in [0.29, 0.717) is 27.1 Å². The van der Waals surface area contributed by atoms with Crippen LogP contribution in [0.3, 0.4) is 0 Å². The van der Waals surface area contributed by atoms with E-state index in [-0.39, 0.29) is 11.7 Å². The Hall–Kier alpha value is -0.700. The molecule has 19 heavy (non-hydrogen) atoms. The number of nitrogens with zero attached hydrogens (tertiary/aromatic N) is 1. The zero-order valence-corrected chi connectivity index (χ0v) is 12.8. The van der Waals surface area contributed by atoms with Crippen molar-refractivity contribution in [1.82, 2.24) is 0 Å². The van der Waals surface area contributed by atoms with Crippen LogP contribution in [0.15, 0.2) is 39.4 Å². The van der Waals surface area contributed by atoms with Gasteiger partial charge in [-0.05, 0) is 30.2 Å². The van der Waals surface area contributed by atoms with E-state index in [1.807, 2.05) is 25.1 Å². The second-order valence-corrected chi connectivity index (χ2v) is 5.89. The van der Waals surface area contributed by atoms with Gasteiger partial charge in [-0.15, -0.1) is 0 Å². The average Bonchev–Trinajstić information content (AvgIpc) is 2.35. The van der Waals surface area contributed by atoms with Gasteiger partial charge in [0.05, 0.1) is 10.1 Å². The van der Waals surface area contributed by atoms with Crippen LogP contribution in [-0.2, 0) is 0 Å². The molecular formula is C14H13Cl3FN. The summed E-state index contributed by atoms with van der Waals surface area (Å²) in [5.74, 6) is -0.457. The third kappa shape index (κ3) is 3.07. The highest BCUT2D eigenvalue weighted by Crippen LogP contribution is 2.41. The molecule has 0 radical (unpaired) electrons. The zero-order chi connectivity index (χ0) is 14.2. The van der Waals surface area contributed by atoms with Crippen molar-refractivity contribution < 1.29 is 4.39 Å². The van der Waals surface area contributed by atoms with Crippen molar-refractivity contribution in [3.05, 3.63) is 50.8 Å². The molecule has 102 valence electrons. The predicted molar refractivity (Wildman–Crippen MR) is 80.8 cm³/mol. The van der Waals surface area contributed by atoms with E-state index in [1.165, 1.54) is 6.07 Å². The molecule has 1 aliphatic rings. The molecule has 0 aromatic heterocycles. The molecule has 0 saturated heterocycles. The van der Waals surface area contributed by atoms with E-state index in [9.17, 15) is 4.39 Å². The van der Waals surface area contributed by atoms with Gasteiger partial charge in [-0.25, -0.2) is 4.39 Å². The van der Waals surface area contributed by atoms with Crippen molar-refractivity contribution in [1.29, 1.82) is 0 Å². The average molecular weight is 321 g/mol. The molecule has 0 saturated carbocycles. The fraction of sp³-hybridized carbons (Fsp3) is 0.286. The van der Waals surface area contributed by atoms with Gasteiger partial charge < -0.3 is 4.90 Å². The maximum Gasteiger partial charge on any atom is 0.127 e. The van der Waals surface area contributed by atoms with Gasteiger partial charge in [-0.2, -0.15) is 0 Å². The van der Waals surface area contributed by atoms with Gasteiger partial charge >= 0.3 is 0 Å². The third-order valence-electron chi connectivity index (χ3n) is 3.09. The monoisotopic (exact) mass is 319 g/mol. The van der Waals surface area contributed by atoms with Gasteiger partial charge in [0.25, 0.3) is 0 Å². The van der Waals surface area contributed by atoms with Crippen LogP contribution >= 0.6 is 34.8 Å². The molecule has 1 aromatic rings. The summed E-state index contributed by atoms with van der Waals surface area (Å²) >= 11 is 18.0. The number of allylic oxidation sites excluding steroid dienone is 4. The topological polar surface area (TPSA) is 3.24 Å². The summed E-state index contributed by atoms with van der Waals surface area (Å²) in [4.78, 5) is 1.92. The Morgan fingerprint density at radius 2 is 1.89 bits per heavy atom. The Kier molecular flexibility index (Phi) is 4.44. The molecule has 1 unspecified atom stereocenters. The van der Waals surface area contributed by atoms with Crippen molar-refractivity contribution in [3.63, 3.8) is 0 Å². The van der Waals surface area contributed by atoms with Crippen molar-refractivity contribution in [3.8, 4) is 0 Å². The van der Waals surface area contributed by atoms with Gasteiger partial charge in [-0.1, -0.05) is 40.9 Å². The SMILES string of the molecule is CN(C)c1ccc(F)c(C2C=C(Cl)C(Cl)=C(Cl)C2)c1. The van der Waals surface area contributed by atoms with Crippen LogP contribution in [0.4, 0.5) is 10.1 Å². The standard InChI is InChI=1S/C14H13Cl3FN/c1-19(2)9-3-4-13(18)10(7-9)8-5-11(15)14(17)12(16)6-8/h3-5,7-8H,6H2,1-2H3. The lowest BCUT2D eigenvalue weighted by atomic mass is 9.91. The highest BCUT2D eigenvalue weighted by Gasteiger charge is 2.23. The Labute approximate surface area is 127 Å². The van der Waals surface area contributed by atoms with Crippen molar-refractivity contribution in [2.45, 2.75) is 12.3 Å². The summed E-state index contributed by atoms with van der Waals surface area (Å²) in [6.07, 6.45) is 2.21. The van der Waals surface area contributed by atoms with E-state index in [0.717, 1.165) is 5.69 Å². The molecule has 0 bridgehead atoms. The molecule has 1 atom stereocenters. The zero-order valence-electron chi connectivity index (χ0n) is 10.6. The lowest BCUT2D eigenvalue weighted by molar-refractivity contribution is 0.598. The second kappa shape index (κ2) is 5.74. The Bertz CT molecular complexity index is 564. The van der Waals surface area contributed by atoms with Crippen LogP contribution in [0.1, 0.15) is 17.9 Å². The minimum absolute atomic E-state index is 0.192. The normalized spacial score (nSPS) is 19.5. The predicted octanol–water partition coefficient (Wildman–Crippen LogP) is 5.19. The molecular weight excluding hydrogens is 308 g/mol. The fourth-order valence-corrected chi connectivity index (χ4v) is 2.74. The van der Waals surface area contributed by atoms with E-state index < -0.39 is 0 Å². The molecule has 1 aliphatic carbocycles. The van der Waals surface area contributed by atoms with Gasteiger partial charge in [0.1, 0.15) is 5.82 Å². The quantitative estimate of drug-likeness (QED) is 0.724. The fourth-order valence-electron chi connectivity index (χ4n) is 2.01. The lowest BCUT2D eigenvalue weighted by Gasteiger charge is -2.21. The van der Waals surface area contributed by atoms with Gasteiger partial charge in [-0.3, -0.25) is 0 Å². The van der Waals surface area contributed by atoms with Crippen LogP contribution in [-0.4, -0.2) is 14.1 Å². The summed E-state index contributed by atoms with van der Waals surface area (Å²) < 4.78 is 14.0.